The van der Waals surface area contributed by atoms with Crippen LogP contribution in [0, 0.1) is 6.92 Å². The molecule has 0 unspecified atom stereocenters. The molecule has 0 saturated carbocycles. The average Bonchev–Trinajstić information content (AvgIpc) is 2.50. The van der Waals surface area contributed by atoms with Crippen LogP contribution in [0.3, 0.4) is 0 Å². The highest BCUT2D eigenvalue weighted by Crippen LogP contribution is 2.18. The van der Waals surface area contributed by atoms with Gasteiger partial charge in [0.15, 0.2) is 0 Å². The first kappa shape index (κ1) is 15.4. The Morgan fingerprint density at radius 3 is 2.52 bits per heavy atom. The van der Waals surface area contributed by atoms with E-state index in [2.05, 4.69) is 60.6 Å². The van der Waals surface area contributed by atoms with Crippen LogP contribution in [-0.2, 0) is 6.54 Å². The summed E-state index contributed by atoms with van der Waals surface area (Å²) in [5.74, 6) is 0.955. The molecule has 0 spiro atoms. The molecule has 0 radical (unpaired) electrons. The number of likely N-dealkylation sites (N-methyl/N-ethyl adjacent to an activating group) is 1. The summed E-state index contributed by atoms with van der Waals surface area (Å²) in [6.07, 6.45) is 0. The minimum atomic E-state index is 0.888. The van der Waals surface area contributed by atoms with Crippen molar-refractivity contribution in [3.8, 4) is 5.75 Å². The van der Waals surface area contributed by atoms with Gasteiger partial charge in [-0.2, -0.15) is 0 Å². The fourth-order valence-corrected chi connectivity index (χ4v) is 2.36. The number of methoxy groups -OCH3 is 1. The van der Waals surface area contributed by atoms with Crippen LogP contribution in [0.25, 0.3) is 0 Å². The molecule has 0 bridgehead atoms. The number of nitrogens with zero attached hydrogens (tertiary/aromatic N) is 1. The summed E-state index contributed by atoms with van der Waals surface area (Å²) in [6, 6.07) is 16.6. The van der Waals surface area contributed by atoms with Crippen molar-refractivity contribution in [2.45, 2.75) is 13.5 Å². The summed E-state index contributed by atoms with van der Waals surface area (Å²) in [4.78, 5) is 2.29. The van der Waals surface area contributed by atoms with Gasteiger partial charge in [-0.15, -0.1) is 0 Å². The van der Waals surface area contributed by atoms with Crippen molar-refractivity contribution in [2.75, 3.05) is 32.6 Å². The normalized spacial score (nSPS) is 10.7. The maximum absolute atomic E-state index is 5.39. The Labute approximate surface area is 127 Å². The van der Waals surface area contributed by atoms with E-state index in [0.29, 0.717) is 0 Å². The van der Waals surface area contributed by atoms with Crippen molar-refractivity contribution in [1.29, 1.82) is 0 Å². The lowest BCUT2D eigenvalue weighted by atomic mass is 10.2. The molecule has 0 aliphatic rings. The van der Waals surface area contributed by atoms with Crippen LogP contribution in [0.1, 0.15) is 11.1 Å². The minimum absolute atomic E-state index is 0.888. The third-order valence-electron chi connectivity index (χ3n) is 3.59. The van der Waals surface area contributed by atoms with Gasteiger partial charge < -0.3 is 15.0 Å². The first-order valence-electron chi connectivity index (χ1n) is 7.30. The zero-order valence-corrected chi connectivity index (χ0v) is 13.1. The van der Waals surface area contributed by atoms with Crippen LogP contribution >= 0.6 is 0 Å². The molecule has 3 heteroatoms. The van der Waals surface area contributed by atoms with Gasteiger partial charge in [0.2, 0.25) is 0 Å². The van der Waals surface area contributed by atoms with E-state index >= 15 is 0 Å². The molecular weight excluding hydrogens is 260 g/mol. The largest absolute Gasteiger partial charge is 0.496 e. The SMILES string of the molecule is COc1ccccc1CN(C)CCNc1ccccc1C. The molecule has 2 rings (SSSR count). The molecule has 0 heterocycles. The van der Waals surface area contributed by atoms with E-state index in [1.165, 1.54) is 16.8 Å². The molecule has 0 aliphatic carbocycles. The van der Waals surface area contributed by atoms with Gasteiger partial charge in [-0.1, -0.05) is 36.4 Å². The first-order chi connectivity index (χ1) is 10.2. The van der Waals surface area contributed by atoms with Gasteiger partial charge in [-0.25, -0.2) is 0 Å². The molecule has 21 heavy (non-hydrogen) atoms. The van der Waals surface area contributed by atoms with Crippen LogP contribution in [-0.4, -0.2) is 32.1 Å². The summed E-state index contributed by atoms with van der Waals surface area (Å²) in [6.45, 7) is 4.92. The number of para-hydroxylation sites is 2. The van der Waals surface area contributed by atoms with Gasteiger partial charge >= 0.3 is 0 Å². The number of rotatable bonds is 7. The molecule has 0 aliphatic heterocycles. The molecule has 0 aromatic heterocycles. The second-order valence-corrected chi connectivity index (χ2v) is 5.29. The monoisotopic (exact) mass is 284 g/mol. The Balaban J connectivity index is 1.82. The van der Waals surface area contributed by atoms with Crippen LogP contribution in [0.2, 0.25) is 0 Å². The smallest absolute Gasteiger partial charge is 0.123 e. The number of nitrogens with one attached hydrogen (secondary N) is 1. The fraction of sp³-hybridized carbons (Fsp3) is 0.333. The van der Waals surface area contributed by atoms with E-state index in [9.17, 15) is 0 Å². The van der Waals surface area contributed by atoms with Crippen molar-refractivity contribution in [2.24, 2.45) is 0 Å². The van der Waals surface area contributed by atoms with Gasteiger partial charge in [0.25, 0.3) is 0 Å². The van der Waals surface area contributed by atoms with Gasteiger partial charge in [-0.3, -0.25) is 0 Å². The second kappa shape index (κ2) is 7.70. The molecule has 0 amide bonds. The second-order valence-electron chi connectivity index (χ2n) is 5.29. The highest BCUT2D eigenvalue weighted by molar-refractivity contribution is 5.50. The number of ether oxygens (including phenoxy) is 1. The van der Waals surface area contributed by atoms with E-state index in [1.54, 1.807) is 7.11 Å². The predicted octanol–water partition coefficient (Wildman–Crippen LogP) is 3.55. The Kier molecular flexibility index (Phi) is 5.64. The van der Waals surface area contributed by atoms with Gasteiger partial charge in [0.05, 0.1) is 7.11 Å². The Hall–Kier alpha value is -2.00. The molecule has 2 aromatic rings. The molecule has 1 N–H and O–H groups in total. The fourth-order valence-electron chi connectivity index (χ4n) is 2.36. The summed E-state index contributed by atoms with van der Waals surface area (Å²) < 4.78 is 5.39. The maximum atomic E-state index is 5.39. The molecule has 0 saturated heterocycles. The van der Waals surface area contributed by atoms with Crippen molar-refractivity contribution >= 4 is 5.69 Å². The zero-order valence-electron chi connectivity index (χ0n) is 13.1. The molecular formula is C18H24N2O. The third kappa shape index (κ3) is 4.50. The van der Waals surface area contributed by atoms with E-state index < -0.39 is 0 Å². The molecule has 0 fully saturated rings. The lowest BCUT2D eigenvalue weighted by Crippen LogP contribution is -2.25. The predicted molar refractivity (Wildman–Crippen MR) is 89.0 cm³/mol. The number of hydrogen-bond donors (Lipinski definition) is 1. The number of anilines is 1. The van der Waals surface area contributed by atoms with Gasteiger partial charge in [0, 0.05) is 30.9 Å². The highest BCUT2D eigenvalue weighted by atomic mass is 16.5. The van der Waals surface area contributed by atoms with Crippen molar-refractivity contribution in [3.63, 3.8) is 0 Å². The maximum Gasteiger partial charge on any atom is 0.123 e. The Morgan fingerprint density at radius 2 is 1.76 bits per heavy atom. The van der Waals surface area contributed by atoms with Crippen LogP contribution in [0.15, 0.2) is 48.5 Å². The Bertz CT molecular complexity index is 569. The van der Waals surface area contributed by atoms with Crippen LogP contribution in [0.4, 0.5) is 5.69 Å². The minimum Gasteiger partial charge on any atom is -0.496 e. The Morgan fingerprint density at radius 1 is 1.05 bits per heavy atom. The summed E-state index contributed by atoms with van der Waals surface area (Å²) >= 11 is 0. The van der Waals surface area contributed by atoms with Crippen molar-refractivity contribution in [1.82, 2.24) is 4.90 Å². The third-order valence-corrected chi connectivity index (χ3v) is 3.59. The average molecular weight is 284 g/mol. The number of hydrogen-bond acceptors (Lipinski definition) is 3. The summed E-state index contributed by atoms with van der Waals surface area (Å²) in [7, 11) is 3.85. The first-order valence-corrected chi connectivity index (χ1v) is 7.30. The summed E-state index contributed by atoms with van der Waals surface area (Å²) in [5, 5.41) is 3.49. The molecule has 0 atom stereocenters. The van der Waals surface area contributed by atoms with Gasteiger partial charge in [-0.05, 0) is 31.7 Å². The summed E-state index contributed by atoms with van der Waals surface area (Å²) in [5.41, 5.74) is 3.71. The van der Waals surface area contributed by atoms with Crippen molar-refractivity contribution < 1.29 is 4.74 Å². The lowest BCUT2D eigenvalue weighted by molar-refractivity contribution is 0.328. The number of benzene rings is 2. The zero-order chi connectivity index (χ0) is 15.1. The van der Waals surface area contributed by atoms with Crippen molar-refractivity contribution in [3.05, 3.63) is 59.7 Å². The van der Waals surface area contributed by atoms with E-state index in [0.717, 1.165) is 25.4 Å². The molecule has 112 valence electrons. The van der Waals surface area contributed by atoms with Crippen LogP contribution in [0.5, 0.6) is 5.75 Å². The molecule has 2 aromatic carbocycles. The van der Waals surface area contributed by atoms with Gasteiger partial charge in [0.1, 0.15) is 5.75 Å². The standard InChI is InChI=1S/C18H24N2O/c1-15-8-4-6-10-17(15)19-12-13-20(2)14-16-9-5-7-11-18(16)21-3/h4-11,19H,12-14H2,1-3H3. The van der Waals surface area contributed by atoms with E-state index in [-0.39, 0.29) is 0 Å². The topological polar surface area (TPSA) is 24.5 Å². The highest BCUT2D eigenvalue weighted by Gasteiger charge is 2.05. The quantitative estimate of drug-likeness (QED) is 0.841. The van der Waals surface area contributed by atoms with E-state index in [4.69, 9.17) is 4.74 Å². The molecule has 3 nitrogen and oxygen atoms in total. The van der Waals surface area contributed by atoms with Crippen LogP contribution < -0.4 is 10.1 Å². The number of aryl methyl sites for hydroxylation is 1. The van der Waals surface area contributed by atoms with E-state index in [1.807, 2.05) is 12.1 Å². The lowest BCUT2D eigenvalue weighted by Gasteiger charge is -2.19.